The zero-order valence-corrected chi connectivity index (χ0v) is 8.22. The first-order valence-corrected chi connectivity index (χ1v) is 4.33. The van der Waals surface area contributed by atoms with Crippen molar-refractivity contribution in [2.24, 2.45) is 11.5 Å². The van der Waals surface area contributed by atoms with Crippen LogP contribution in [0.4, 0.5) is 0 Å². The molecule has 0 saturated carbocycles. The van der Waals surface area contributed by atoms with Gasteiger partial charge in [0.1, 0.15) is 0 Å². The summed E-state index contributed by atoms with van der Waals surface area (Å²) in [7, 11) is 1.92. The third kappa shape index (κ3) is 9.88. The Labute approximate surface area is 70.5 Å². The zero-order valence-electron chi connectivity index (χ0n) is 8.22. The Hall–Kier alpha value is -0.120. The Bertz CT molecular complexity index is 58.4. The van der Waals surface area contributed by atoms with Gasteiger partial charge in [-0.25, -0.2) is 0 Å². The molecule has 0 aromatic carbocycles. The summed E-state index contributed by atoms with van der Waals surface area (Å²) in [6, 6.07) is 0.621. The van der Waals surface area contributed by atoms with Crippen molar-refractivity contribution in [3.8, 4) is 0 Å². The normalized spacial score (nSPS) is 14.7. The summed E-state index contributed by atoms with van der Waals surface area (Å²) in [5, 5.41) is 3.09. The number of hydrogen-bond acceptors (Lipinski definition) is 3. The Morgan fingerprint density at radius 3 is 2.09 bits per heavy atom. The number of nitrogens with two attached hydrogens (primary N) is 2. The minimum absolute atomic E-state index is 0.146. The number of hydrogen-bond donors (Lipinski definition) is 3. The molecule has 5 N–H and O–H groups in total. The van der Waals surface area contributed by atoms with Crippen LogP contribution in [0.5, 0.6) is 0 Å². The number of rotatable bonds is 4. The van der Waals surface area contributed by atoms with Crippen molar-refractivity contribution < 1.29 is 0 Å². The highest BCUT2D eigenvalue weighted by molar-refractivity contribution is 4.68. The minimum atomic E-state index is 0.146. The SMILES string of the molecule is CC.CNC(C)CC(N)CN. The van der Waals surface area contributed by atoms with Gasteiger partial charge in [0.2, 0.25) is 0 Å². The average Bonchev–Trinajstić information content (AvgIpc) is 2.07. The molecule has 3 nitrogen and oxygen atoms in total. The maximum Gasteiger partial charge on any atom is 0.0177 e. The van der Waals surface area contributed by atoms with E-state index in [9.17, 15) is 0 Å². The van der Waals surface area contributed by atoms with E-state index >= 15 is 0 Å². The summed E-state index contributed by atoms with van der Waals surface area (Å²) >= 11 is 0. The van der Waals surface area contributed by atoms with Crippen LogP contribution < -0.4 is 16.8 Å². The largest absolute Gasteiger partial charge is 0.329 e. The highest BCUT2D eigenvalue weighted by Gasteiger charge is 2.03. The molecule has 2 unspecified atom stereocenters. The molecular weight excluding hydrogens is 138 g/mol. The fourth-order valence-corrected chi connectivity index (χ4v) is 0.668. The van der Waals surface area contributed by atoms with Gasteiger partial charge in [-0.1, -0.05) is 13.8 Å². The zero-order chi connectivity index (χ0) is 9.28. The fraction of sp³-hybridized carbons (Fsp3) is 1.00. The standard InChI is InChI=1S/C6H17N3.C2H6/c1-5(9-2)3-6(8)4-7;1-2/h5-6,9H,3-4,7-8H2,1-2H3;1-2H3. The summed E-state index contributed by atoms with van der Waals surface area (Å²) in [5.41, 5.74) is 10.9. The molecule has 70 valence electrons. The maximum atomic E-state index is 5.58. The Morgan fingerprint density at radius 2 is 1.82 bits per heavy atom. The molecule has 0 bridgehead atoms. The minimum Gasteiger partial charge on any atom is -0.329 e. The Kier molecular flexibility index (Phi) is 12.1. The molecule has 0 saturated heterocycles. The van der Waals surface area contributed by atoms with E-state index in [1.165, 1.54) is 0 Å². The van der Waals surface area contributed by atoms with Crippen LogP contribution in [0.3, 0.4) is 0 Å². The predicted molar refractivity (Wildman–Crippen MR) is 51.5 cm³/mol. The summed E-state index contributed by atoms with van der Waals surface area (Å²) < 4.78 is 0. The predicted octanol–water partition coefficient (Wildman–Crippen LogP) is 0.297. The highest BCUT2D eigenvalue weighted by Crippen LogP contribution is 1.91. The molecule has 0 aliphatic rings. The second-order valence-corrected chi connectivity index (χ2v) is 2.42. The van der Waals surface area contributed by atoms with Gasteiger partial charge >= 0.3 is 0 Å². The second-order valence-electron chi connectivity index (χ2n) is 2.42. The molecule has 0 rings (SSSR count). The van der Waals surface area contributed by atoms with Gasteiger partial charge in [0.25, 0.3) is 0 Å². The van der Waals surface area contributed by atoms with Crippen LogP contribution in [0.1, 0.15) is 27.2 Å². The molecule has 3 heteroatoms. The van der Waals surface area contributed by atoms with Crippen LogP contribution in [0.15, 0.2) is 0 Å². The molecular formula is C8H23N3. The third-order valence-corrected chi connectivity index (χ3v) is 1.45. The Morgan fingerprint density at radius 1 is 1.36 bits per heavy atom. The van der Waals surface area contributed by atoms with Gasteiger partial charge in [0.05, 0.1) is 0 Å². The molecule has 0 aromatic rings. The monoisotopic (exact) mass is 161 g/mol. The second kappa shape index (κ2) is 9.88. The Balaban J connectivity index is 0. The van der Waals surface area contributed by atoms with E-state index in [0.717, 1.165) is 6.42 Å². The summed E-state index contributed by atoms with van der Waals surface area (Å²) in [6.45, 7) is 6.67. The summed E-state index contributed by atoms with van der Waals surface area (Å²) in [5.74, 6) is 0. The molecule has 0 aliphatic heterocycles. The van der Waals surface area contributed by atoms with Gasteiger partial charge in [0.15, 0.2) is 0 Å². The third-order valence-electron chi connectivity index (χ3n) is 1.45. The molecule has 0 fully saturated rings. The molecule has 0 spiro atoms. The molecule has 0 amide bonds. The van der Waals surface area contributed by atoms with Gasteiger partial charge in [-0.05, 0) is 20.4 Å². The molecule has 0 radical (unpaired) electrons. The quantitative estimate of drug-likeness (QED) is 0.555. The van der Waals surface area contributed by atoms with Gasteiger partial charge in [-0.3, -0.25) is 0 Å². The van der Waals surface area contributed by atoms with Crippen molar-refractivity contribution in [1.29, 1.82) is 0 Å². The molecule has 0 aromatic heterocycles. The van der Waals surface area contributed by atoms with Crippen molar-refractivity contribution in [3.63, 3.8) is 0 Å². The first kappa shape index (κ1) is 13.5. The first-order chi connectivity index (χ1) is 5.20. The van der Waals surface area contributed by atoms with Crippen LogP contribution >= 0.6 is 0 Å². The number of nitrogens with one attached hydrogen (secondary N) is 1. The molecule has 0 heterocycles. The van der Waals surface area contributed by atoms with E-state index in [-0.39, 0.29) is 6.04 Å². The lowest BCUT2D eigenvalue weighted by molar-refractivity contribution is 0.497. The van der Waals surface area contributed by atoms with Crippen LogP contribution in [0.2, 0.25) is 0 Å². The highest BCUT2D eigenvalue weighted by atomic mass is 14.9. The lowest BCUT2D eigenvalue weighted by Gasteiger charge is -2.14. The average molecular weight is 161 g/mol. The van der Waals surface area contributed by atoms with E-state index in [0.29, 0.717) is 12.6 Å². The van der Waals surface area contributed by atoms with Crippen molar-refractivity contribution in [1.82, 2.24) is 5.32 Å². The summed E-state index contributed by atoms with van der Waals surface area (Å²) in [6.07, 6.45) is 0.951. The lowest BCUT2D eigenvalue weighted by atomic mass is 10.1. The van der Waals surface area contributed by atoms with Crippen LogP contribution in [0, 0.1) is 0 Å². The van der Waals surface area contributed by atoms with E-state index in [2.05, 4.69) is 12.2 Å². The van der Waals surface area contributed by atoms with Crippen LogP contribution in [-0.4, -0.2) is 25.7 Å². The molecule has 2 atom stereocenters. The van der Waals surface area contributed by atoms with Crippen LogP contribution in [-0.2, 0) is 0 Å². The summed E-state index contributed by atoms with van der Waals surface area (Å²) in [4.78, 5) is 0. The van der Waals surface area contributed by atoms with Crippen molar-refractivity contribution in [2.75, 3.05) is 13.6 Å². The van der Waals surface area contributed by atoms with E-state index in [4.69, 9.17) is 11.5 Å². The molecule has 0 aliphatic carbocycles. The van der Waals surface area contributed by atoms with Crippen LogP contribution in [0.25, 0.3) is 0 Å². The van der Waals surface area contributed by atoms with Crippen molar-refractivity contribution in [2.45, 2.75) is 39.3 Å². The smallest absolute Gasteiger partial charge is 0.0177 e. The first-order valence-electron chi connectivity index (χ1n) is 4.33. The van der Waals surface area contributed by atoms with Crippen molar-refractivity contribution >= 4 is 0 Å². The van der Waals surface area contributed by atoms with Gasteiger partial charge < -0.3 is 16.8 Å². The van der Waals surface area contributed by atoms with E-state index in [1.807, 2.05) is 20.9 Å². The maximum absolute atomic E-state index is 5.58. The van der Waals surface area contributed by atoms with Crippen molar-refractivity contribution in [3.05, 3.63) is 0 Å². The van der Waals surface area contributed by atoms with Gasteiger partial charge in [-0.15, -0.1) is 0 Å². The van der Waals surface area contributed by atoms with Gasteiger partial charge in [-0.2, -0.15) is 0 Å². The topological polar surface area (TPSA) is 64.1 Å². The molecule has 11 heavy (non-hydrogen) atoms. The van der Waals surface area contributed by atoms with E-state index < -0.39 is 0 Å². The lowest BCUT2D eigenvalue weighted by Crippen LogP contribution is -2.36. The van der Waals surface area contributed by atoms with Gasteiger partial charge in [0, 0.05) is 18.6 Å². The van der Waals surface area contributed by atoms with E-state index in [1.54, 1.807) is 0 Å². The fourth-order valence-electron chi connectivity index (χ4n) is 0.668.